The van der Waals surface area contributed by atoms with Crippen molar-refractivity contribution < 1.29 is 39.3 Å². The molecule has 0 saturated carbocycles. The molecular weight excluding hydrogens is 504 g/mol. The Morgan fingerprint density at radius 1 is 0.647 bits per heavy atom. The fourth-order valence-corrected chi connectivity index (χ4v) is 4.99. The molecule has 0 saturated heterocycles. The maximum atomic E-state index is 13.2. The first-order chi connectivity index (χ1) is 15.8. The Balaban J connectivity index is 2.17. The van der Waals surface area contributed by atoms with Crippen LogP contribution in [0.1, 0.15) is 11.1 Å². The van der Waals surface area contributed by atoms with E-state index in [1.165, 1.54) is 18.2 Å². The largest absolute Gasteiger partial charge is 0.416 e. The summed E-state index contributed by atoms with van der Waals surface area (Å²) in [6.07, 6.45) is -9.29. The zero-order chi connectivity index (χ0) is 25.0. The standard InChI is InChI=1S/C22H13F6NO3S2/c23-21(24,25)13-3-5-15-11(9-13)1-7-17(33(29)30)19(15)20-16-6-4-14(22(26,27)28)10-12(16)2-8-18(20)34(31)32/h1-10H,29H2,(H,31,32). The van der Waals surface area contributed by atoms with Gasteiger partial charge in [-0.05, 0) is 57.9 Å². The third-order valence-corrected chi connectivity index (χ3v) is 6.76. The van der Waals surface area contributed by atoms with E-state index in [9.17, 15) is 39.3 Å². The van der Waals surface area contributed by atoms with E-state index in [0.717, 1.165) is 42.5 Å². The fourth-order valence-electron chi connectivity index (χ4n) is 3.80. The molecule has 0 amide bonds. The lowest BCUT2D eigenvalue weighted by Crippen LogP contribution is -2.08. The van der Waals surface area contributed by atoms with Crippen LogP contribution in [0.25, 0.3) is 32.7 Å². The summed E-state index contributed by atoms with van der Waals surface area (Å²) < 4.78 is 114. The van der Waals surface area contributed by atoms with Gasteiger partial charge >= 0.3 is 12.4 Å². The van der Waals surface area contributed by atoms with Crippen molar-refractivity contribution in [1.82, 2.24) is 0 Å². The number of alkyl halides is 6. The summed E-state index contributed by atoms with van der Waals surface area (Å²) in [6.45, 7) is 0. The molecule has 4 aromatic rings. The van der Waals surface area contributed by atoms with Crippen molar-refractivity contribution in [2.24, 2.45) is 5.14 Å². The number of rotatable bonds is 3. The molecule has 0 radical (unpaired) electrons. The minimum Gasteiger partial charge on any atom is -0.302 e. The SMILES string of the molecule is NS(=O)c1ccc2cc(C(F)(F)F)ccc2c1-c1c(S(=O)O)ccc2cc(C(F)(F)F)ccc12. The van der Waals surface area contributed by atoms with Gasteiger partial charge in [0.25, 0.3) is 0 Å². The summed E-state index contributed by atoms with van der Waals surface area (Å²) in [5, 5.41) is 5.95. The van der Waals surface area contributed by atoms with Gasteiger partial charge in [0.15, 0.2) is 11.1 Å². The molecule has 0 aromatic heterocycles. The van der Waals surface area contributed by atoms with Crippen LogP contribution in [0, 0.1) is 0 Å². The normalized spacial score (nSPS) is 14.5. The molecule has 12 heteroatoms. The minimum absolute atomic E-state index is 0.00480. The van der Waals surface area contributed by atoms with E-state index in [0.29, 0.717) is 0 Å². The van der Waals surface area contributed by atoms with Crippen molar-refractivity contribution in [3.05, 3.63) is 71.8 Å². The lowest BCUT2D eigenvalue weighted by Gasteiger charge is -2.18. The molecule has 0 aliphatic rings. The topological polar surface area (TPSA) is 80.4 Å². The second kappa shape index (κ2) is 8.45. The Kier molecular flexibility index (Phi) is 6.05. The highest BCUT2D eigenvalue weighted by atomic mass is 32.2. The Hall–Kier alpha value is -2.80. The van der Waals surface area contributed by atoms with Crippen LogP contribution in [0.4, 0.5) is 26.3 Å². The first kappa shape index (κ1) is 24.3. The average molecular weight is 517 g/mol. The molecule has 0 spiro atoms. The van der Waals surface area contributed by atoms with Crippen molar-refractivity contribution in [2.75, 3.05) is 0 Å². The highest BCUT2D eigenvalue weighted by Gasteiger charge is 2.32. The predicted octanol–water partition coefficient (Wildman–Crippen LogP) is 6.26. The second-order valence-corrected chi connectivity index (χ2v) is 9.26. The number of fused-ring (bicyclic) bond motifs is 2. The molecule has 0 fully saturated rings. The molecular formula is C22H13F6NO3S2. The smallest absolute Gasteiger partial charge is 0.302 e. The number of benzene rings is 4. The third-order valence-electron chi connectivity index (χ3n) is 5.27. The summed E-state index contributed by atoms with van der Waals surface area (Å²) in [6, 6.07) is 10.3. The van der Waals surface area contributed by atoms with E-state index in [1.807, 2.05) is 0 Å². The molecule has 34 heavy (non-hydrogen) atoms. The van der Waals surface area contributed by atoms with Gasteiger partial charge in [-0.15, -0.1) is 0 Å². The predicted molar refractivity (Wildman–Crippen MR) is 117 cm³/mol. The second-order valence-electron chi connectivity index (χ2n) is 7.29. The van der Waals surface area contributed by atoms with Crippen LogP contribution in [0.15, 0.2) is 70.5 Å². The third kappa shape index (κ3) is 4.33. The van der Waals surface area contributed by atoms with Crippen LogP contribution in [0.5, 0.6) is 0 Å². The first-order valence-electron chi connectivity index (χ1n) is 9.34. The van der Waals surface area contributed by atoms with Crippen molar-refractivity contribution >= 4 is 43.6 Å². The molecule has 3 N–H and O–H groups in total. The van der Waals surface area contributed by atoms with Gasteiger partial charge in [-0.2, -0.15) is 26.3 Å². The molecule has 0 aliphatic heterocycles. The van der Waals surface area contributed by atoms with Gasteiger partial charge in [0.1, 0.15) is 11.0 Å². The van der Waals surface area contributed by atoms with E-state index in [4.69, 9.17) is 5.14 Å². The zero-order valence-electron chi connectivity index (χ0n) is 16.7. The Morgan fingerprint density at radius 3 is 1.44 bits per heavy atom. The van der Waals surface area contributed by atoms with Crippen molar-refractivity contribution in [3.63, 3.8) is 0 Å². The van der Waals surface area contributed by atoms with Gasteiger partial charge in [0, 0.05) is 11.1 Å². The maximum absolute atomic E-state index is 13.2. The highest BCUT2D eigenvalue weighted by molar-refractivity contribution is 7.83. The molecule has 178 valence electrons. The van der Waals surface area contributed by atoms with Gasteiger partial charge < -0.3 is 4.55 Å². The number of hydrogen-bond acceptors (Lipinski definition) is 2. The van der Waals surface area contributed by atoms with Gasteiger partial charge in [-0.25, -0.2) is 13.6 Å². The fraction of sp³-hybridized carbons (Fsp3) is 0.0909. The van der Waals surface area contributed by atoms with E-state index >= 15 is 0 Å². The first-order valence-corrected chi connectivity index (χ1v) is 11.7. The van der Waals surface area contributed by atoms with Crippen molar-refractivity contribution in [2.45, 2.75) is 22.1 Å². The molecule has 2 unspecified atom stereocenters. The molecule has 0 bridgehead atoms. The summed E-state index contributed by atoms with van der Waals surface area (Å²) in [4.78, 5) is -0.294. The van der Waals surface area contributed by atoms with Crippen molar-refractivity contribution in [3.8, 4) is 11.1 Å². The van der Waals surface area contributed by atoms with Gasteiger partial charge in [-0.3, -0.25) is 0 Å². The monoisotopic (exact) mass is 517 g/mol. The van der Waals surface area contributed by atoms with E-state index in [-0.39, 0.29) is 42.5 Å². The van der Waals surface area contributed by atoms with E-state index in [1.54, 1.807) is 0 Å². The molecule has 4 aromatic carbocycles. The molecule has 4 rings (SSSR count). The molecule has 4 nitrogen and oxygen atoms in total. The Morgan fingerprint density at radius 2 is 1.06 bits per heavy atom. The van der Waals surface area contributed by atoms with Crippen LogP contribution in [0.2, 0.25) is 0 Å². The minimum atomic E-state index is -4.65. The lowest BCUT2D eigenvalue weighted by atomic mass is 9.92. The van der Waals surface area contributed by atoms with Gasteiger partial charge in [0.05, 0.1) is 20.9 Å². The molecule has 2 atom stereocenters. The summed E-state index contributed by atoms with van der Waals surface area (Å²) in [5.74, 6) is 0. The van der Waals surface area contributed by atoms with Crippen LogP contribution in [0.3, 0.4) is 0 Å². The zero-order valence-corrected chi connectivity index (χ0v) is 18.3. The maximum Gasteiger partial charge on any atom is 0.416 e. The van der Waals surface area contributed by atoms with Crippen LogP contribution >= 0.6 is 0 Å². The van der Waals surface area contributed by atoms with Crippen molar-refractivity contribution in [1.29, 1.82) is 0 Å². The van der Waals surface area contributed by atoms with Crippen LogP contribution in [-0.2, 0) is 34.4 Å². The van der Waals surface area contributed by atoms with Gasteiger partial charge in [0.2, 0.25) is 0 Å². The Labute approximate surface area is 193 Å². The number of nitrogens with two attached hydrogens (primary N) is 1. The molecule has 0 aliphatic carbocycles. The van der Waals surface area contributed by atoms with E-state index in [2.05, 4.69) is 0 Å². The quantitative estimate of drug-likeness (QED) is 0.249. The number of hydrogen-bond donors (Lipinski definition) is 2. The summed E-state index contributed by atoms with van der Waals surface area (Å²) in [5.41, 5.74) is -1.97. The molecule has 0 heterocycles. The summed E-state index contributed by atoms with van der Waals surface area (Å²) in [7, 11) is -2.19. The van der Waals surface area contributed by atoms with Crippen LogP contribution in [-0.4, -0.2) is 13.0 Å². The van der Waals surface area contributed by atoms with Crippen LogP contribution < -0.4 is 5.14 Å². The van der Waals surface area contributed by atoms with E-state index < -0.39 is 45.5 Å². The van der Waals surface area contributed by atoms with Gasteiger partial charge in [-0.1, -0.05) is 24.3 Å². The highest BCUT2D eigenvalue weighted by Crippen LogP contribution is 2.43. The number of halogens is 6. The summed E-state index contributed by atoms with van der Waals surface area (Å²) >= 11 is -2.64. The average Bonchev–Trinajstić information content (AvgIpc) is 2.75. The lowest BCUT2D eigenvalue weighted by molar-refractivity contribution is -0.138. The Bertz CT molecular complexity index is 1390.